The normalized spacial score (nSPS) is 24.6. The number of hydrogen-bond acceptors (Lipinski definition) is 23. The molecule has 0 spiro atoms. The number of benzene rings is 1. The first-order chi connectivity index (χ1) is 40.1. The van der Waals surface area contributed by atoms with Crippen molar-refractivity contribution in [2.24, 2.45) is 21.0 Å². The number of fused-ring (bicyclic) bond motifs is 2. The zero-order chi connectivity index (χ0) is 61.7. The number of urea groups is 1. The number of phosphoric ester groups is 1. The van der Waals surface area contributed by atoms with Gasteiger partial charge in [0.25, 0.3) is 5.91 Å². The number of ether oxygens (including phenoxy) is 2. The molecule has 6 aliphatic rings. The Morgan fingerprint density at radius 3 is 2.32 bits per heavy atom. The molecule has 0 bridgehead atoms. The molecule has 1 aromatic rings. The second-order valence-corrected chi connectivity index (χ2v) is 27.9. The van der Waals surface area contributed by atoms with E-state index in [-0.39, 0.29) is 90.7 Å². The molecule has 7 amide bonds. The highest BCUT2D eigenvalue weighted by molar-refractivity contribution is 8.76. The first kappa shape index (κ1) is 67.4. The van der Waals surface area contributed by atoms with Crippen molar-refractivity contribution in [3.05, 3.63) is 58.9 Å². The average Bonchev–Trinajstić information content (AvgIpc) is 2.13. The van der Waals surface area contributed by atoms with Gasteiger partial charge in [0.2, 0.25) is 23.5 Å². The minimum Gasteiger partial charge on any atom is -0.441 e. The molecule has 470 valence electrons. The standard InChI is InChI=1S/C45H62F3N12O19P3S3/c46-45(47,48)44(58-59-44)26-10-8-25(9-11-26)39(64)52-18-20-85-84-19-14-35(62)55-29(5-3-4-15-50-34(61)7-2-1-6-33-36-30(23-83-33)56-42(66)57-36)40(65)51-16-17-53-43(67)77-32-21-27(22-75-81(71,72)79-82(73,74)78-80(68,69)70)76-41(32)60-24-54-37-31(60)13-12-28(49)38(37)63/h8-13,24,27,29-30,32-33,36-37,41H,1-7,14-23,49H2,(H,50,61)(H,51,65)(H,52,64)(H,53,67)(H,55,62)(H,71,72)(H,73,74)(H2,56,57,66)(H2,68,69,70)/t27-,29?,30?,32+,33?,36?,37?,41+/m0/s1. The van der Waals surface area contributed by atoms with E-state index >= 15 is 0 Å². The number of halogens is 3. The van der Waals surface area contributed by atoms with Gasteiger partial charge in [0.1, 0.15) is 6.04 Å². The molecular formula is C45H62F3N12O19P3S3. The highest BCUT2D eigenvalue weighted by Crippen LogP contribution is 2.66. The molecule has 3 fully saturated rings. The van der Waals surface area contributed by atoms with Crippen LogP contribution in [0.5, 0.6) is 0 Å². The zero-order valence-electron chi connectivity index (χ0n) is 44.7. The molecule has 85 heavy (non-hydrogen) atoms. The number of carbonyl (C=O) groups excluding carboxylic acids is 7. The smallest absolute Gasteiger partial charge is 0.441 e. The van der Waals surface area contributed by atoms with Crippen molar-refractivity contribution in [3.8, 4) is 0 Å². The zero-order valence-corrected chi connectivity index (χ0v) is 49.8. The van der Waals surface area contributed by atoms with E-state index in [0.29, 0.717) is 43.7 Å². The Hall–Kier alpha value is -5.13. The van der Waals surface area contributed by atoms with Crippen LogP contribution < -0.4 is 43.0 Å². The minimum atomic E-state index is -5.86. The predicted molar refractivity (Wildman–Crippen MR) is 298 cm³/mol. The maximum Gasteiger partial charge on any atom is 0.490 e. The van der Waals surface area contributed by atoms with Crippen LogP contribution in [0.25, 0.3) is 0 Å². The highest BCUT2D eigenvalue weighted by atomic mass is 33.1. The summed E-state index contributed by atoms with van der Waals surface area (Å²) in [6.45, 7) is -0.814. The van der Waals surface area contributed by atoms with E-state index in [0.717, 1.165) is 30.7 Å². The highest BCUT2D eigenvalue weighted by Gasteiger charge is 2.65. The molecule has 40 heteroatoms. The molecule has 13 N–H and O–H groups in total. The number of aliphatic imine (C=N–C) groups is 1. The number of rotatable bonds is 33. The number of Topliss-reactive ketones (excluding diaryl/α,β-unsaturated/α-hetero) is 1. The van der Waals surface area contributed by atoms with Crippen molar-refractivity contribution in [2.75, 3.05) is 50.0 Å². The van der Waals surface area contributed by atoms with Gasteiger partial charge in [-0.25, -0.2) is 23.3 Å². The maximum absolute atomic E-state index is 13.6. The number of ketones is 1. The summed E-state index contributed by atoms with van der Waals surface area (Å²) >= 11 is 1.80. The van der Waals surface area contributed by atoms with Gasteiger partial charge in [-0.05, 0) is 56.4 Å². The molecular weight excluding hydrogens is 1260 g/mol. The Kier molecular flexibility index (Phi) is 23.6. The maximum atomic E-state index is 13.6. The molecule has 0 saturated carbocycles. The van der Waals surface area contributed by atoms with Crippen molar-refractivity contribution in [3.63, 3.8) is 0 Å². The summed E-state index contributed by atoms with van der Waals surface area (Å²) < 4.78 is 99.2. The van der Waals surface area contributed by atoms with Gasteiger partial charge in [-0.1, -0.05) is 40.1 Å². The van der Waals surface area contributed by atoms with Crippen LogP contribution in [0.15, 0.2) is 63.0 Å². The number of unbranched alkanes of at least 4 members (excludes halogenated alkanes) is 2. The number of nitrogens with one attached hydrogen (secondary N) is 7. The summed E-state index contributed by atoms with van der Waals surface area (Å²) in [5.41, 5.74) is 3.26. The number of alkyl halides is 3. The lowest BCUT2D eigenvalue weighted by Gasteiger charge is -2.30. The van der Waals surface area contributed by atoms with Crippen LogP contribution in [0.1, 0.15) is 73.7 Å². The number of carbonyl (C=O) groups is 7. The largest absolute Gasteiger partial charge is 0.490 e. The summed E-state index contributed by atoms with van der Waals surface area (Å²) in [6, 6.07) is 2.67. The van der Waals surface area contributed by atoms with Gasteiger partial charge in [0, 0.05) is 79.1 Å². The molecule has 3 saturated heterocycles. The lowest BCUT2D eigenvalue weighted by atomic mass is 10.0. The van der Waals surface area contributed by atoms with Crippen molar-refractivity contribution in [1.29, 1.82) is 0 Å². The van der Waals surface area contributed by atoms with Crippen LogP contribution in [0.4, 0.5) is 22.8 Å². The fraction of sp³-hybridized carbons (Fsp3) is 0.600. The van der Waals surface area contributed by atoms with Gasteiger partial charge in [-0.15, -0.1) is 10.2 Å². The molecule has 31 nitrogen and oxygen atoms in total. The summed E-state index contributed by atoms with van der Waals surface area (Å²) in [5, 5.41) is 25.9. The number of hydrogen-bond donors (Lipinski definition) is 12. The third-order valence-electron chi connectivity index (χ3n) is 13.3. The first-order valence-electron chi connectivity index (χ1n) is 26.2. The van der Waals surface area contributed by atoms with E-state index in [1.165, 1.54) is 57.1 Å². The van der Waals surface area contributed by atoms with E-state index < -0.39 is 102 Å². The molecule has 5 heterocycles. The molecule has 0 aromatic heterocycles. The van der Waals surface area contributed by atoms with Gasteiger partial charge < -0.3 is 76.9 Å². The number of alkyl carbamates (subject to hydrolysis) is 1. The summed E-state index contributed by atoms with van der Waals surface area (Å²) in [4.78, 5) is 132. The fourth-order valence-electron chi connectivity index (χ4n) is 9.19. The molecule has 1 aliphatic carbocycles. The minimum absolute atomic E-state index is 0.0128. The van der Waals surface area contributed by atoms with Gasteiger partial charge in [-0.2, -0.15) is 33.6 Å². The lowest BCUT2D eigenvalue weighted by molar-refractivity contribution is -0.166. The second-order valence-electron chi connectivity index (χ2n) is 19.5. The van der Waals surface area contributed by atoms with Crippen molar-refractivity contribution < 1.29 is 103 Å². The first-order valence-corrected chi connectivity index (χ1v) is 34.3. The molecule has 10 atom stereocenters. The van der Waals surface area contributed by atoms with Gasteiger partial charge in [-0.3, -0.25) is 33.5 Å². The van der Waals surface area contributed by atoms with Crippen molar-refractivity contribution >= 4 is 105 Å². The van der Waals surface area contributed by atoms with Gasteiger partial charge in [0.15, 0.2) is 18.4 Å². The molecule has 7 unspecified atom stereocenters. The second kappa shape index (κ2) is 29.7. The van der Waals surface area contributed by atoms with Crippen molar-refractivity contribution in [2.45, 2.75) is 117 Å². The molecule has 5 aliphatic heterocycles. The number of thioether (sulfide) groups is 1. The van der Waals surface area contributed by atoms with Crippen LogP contribution in [-0.2, 0) is 61.2 Å². The third kappa shape index (κ3) is 19.7. The van der Waals surface area contributed by atoms with E-state index in [1.807, 2.05) is 0 Å². The van der Waals surface area contributed by atoms with Gasteiger partial charge in [0.05, 0.1) is 42.5 Å². The Balaban J connectivity index is 0.856. The monoisotopic (exact) mass is 1320 g/mol. The summed E-state index contributed by atoms with van der Waals surface area (Å²) in [5.74, 6) is -0.716. The van der Waals surface area contributed by atoms with Crippen molar-refractivity contribution in [1.82, 2.24) is 42.1 Å². The number of nitrogens with zero attached hydrogens (tertiary/aromatic N) is 4. The number of nitrogens with two attached hydrogens (primary N) is 1. The van der Waals surface area contributed by atoms with Gasteiger partial charge >= 0.3 is 47.4 Å². The van der Waals surface area contributed by atoms with E-state index in [4.69, 9.17) is 29.5 Å². The predicted octanol–water partition coefficient (Wildman–Crippen LogP) is 2.56. The molecule has 1 aromatic carbocycles. The molecule has 0 radical (unpaired) electrons. The summed E-state index contributed by atoms with van der Waals surface area (Å²) in [7, 11) is -14.5. The van der Waals surface area contributed by atoms with Crippen LogP contribution in [-0.4, -0.2) is 176 Å². The number of phosphoric acid groups is 3. The van der Waals surface area contributed by atoms with Crippen LogP contribution in [0, 0.1) is 0 Å². The SMILES string of the molecule is NC1=CC=C2C(N=CN2[C@@H]2O[C@H](COP(=O)(O)OP(=O)(O)OP(=O)(O)O)C[C@H]2OC(=O)NCCNC(=O)C(CCCCNC(=O)CCCCC2SCC3NC(=O)NC32)NC(=O)CCSSCCNC(=O)c2ccc(C3(C(F)(F)F)N=N3)cc2)C1=O. The van der Waals surface area contributed by atoms with Crippen LogP contribution in [0.3, 0.4) is 0 Å². The molecule has 7 rings (SSSR count). The summed E-state index contributed by atoms with van der Waals surface area (Å²) in [6.07, 6.45) is -2.27. The van der Waals surface area contributed by atoms with E-state index in [1.54, 1.807) is 11.8 Å². The number of amides is 7. The van der Waals surface area contributed by atoms with E-state index in [9.17, 15) is 70.2 Å². The Morgan fingerprint density at radius 2 is 1.60 bits per heavy atom. The Labute approximate surface area is 494 Å². The fourth-order valence-corrected chi connectivity index (χ4v) is 15.7. The van der Waals surface area contributed by atoms with Crippen LogP contribution in [0.2, 0.25) is 0 Å². The lowest BCUT2D eigenvalue weighted by Crippen LogP contribution is -2.48. The number of allylic oxidation sites excluding steroid dienone is 2. The van der Waals surface area contributed by atoms with E-state index in [2.05, 4.69) is 61.1 Å². The van der Waals surface area contributed by atoms with Crippen LogP contribution >= 0.6 is 56.8 Å². The average molecular weight is 1320 g/mol. The quantitative estimate of drug-likeness (QED) is 0.0208. The third-order valence-corrected chi connectivity index (χ3v) is 21.0. The Bertz CT molecular complexity index is 2930. The Morgan fingerprint density at radius 1 is 0.871 bits per heavy atom. The topological polar surface area (TPSA) is 448 Å².